The van der Waals surface area contributed by atoms with Gasteiger partial charge in [0.1, 0.15) is 5.69 Å². The van der Waals surface area contributed by atoms with E-state index < -0.39 is 12.1 Å². The number of aromatic nitrogens is 1. The van der Waals surface area contributed by atoms with Crippen LogP contribution in [0.1, 0.15) is 23.0 Å². The van der Waals surface area contributed by atoms with Gasteiger partial charge in [-0.25, -0.2) is 4.79 Å². The first-order valence-electron chi connectivity index (χ1n) is 11.2. The Hall–Kier alpha value is -4.19. The normalized spacial score (nSPS) is 13.5. The highest BCUT2D eigenvalue weighted by Crippen LogP contribution is 2.32. The second-order valence-corrected chi connectivity index (χ2v) is 8.42. The van der Waals surface area contributed by atoms with Crippen molar-refractivity contribution in [2.45, 2.75) is 19.4 Å². The maximum absolute atomic E-state index is 13.5. The van der Waals surface area contributed by atoms with E-state index in [0.717, 1.165) is 23.2 Å². The molecule has 0 spiro atoms. The minimum absolute atomic E-state index is 0.122. The summed E-state index contributed by atoms with van der Waals surface area (Å²) in [4.78, 5) is 41.4. The maximum Gasteiger partial charge on any atom is 0.356 e. The zero-order chi connectivity index (χ0) is 23.8. The molecule has 0 bridgehead atoms. The van der Waals surface area contributed by atoms with Gasteiger partial charge < -0.3 is 14.2 Å². The van der Waals surface area contributed by atoms with Gasteiger partial charge in [0, 0.05) is 30.2 Å². The van der Waals surface area contributed by atoms with E-state index >= 15 is 0 Å². The van der Waals surface area contributed by atoms with E-state index in [4.69, 9.17) is 4.74 Å². The molecular weight excluding hydrogens is 428 g/mol. The molecule has 1 aromatic heterocycles. The molecule has 0 aliphatic carbocycles. The van der Waals surface area contributed by atoms with Crippen LogP contribution in [-0.2, 0) is 23.0 Å². The summed E-state index contributed by atoms with van der Waals surface area (Å²) >= 11 is 0. The number of nitrogens with zero attached hydrogens (tertiary/aromatic N) is 2. The molecule has 6 heteroatoms. The largest absolute Gasteiger partial charge is 0.448 e. The summed E-state index contributed by atoms with van der Waals surface area (Å²) in [6, 6.07) is 24.3. The third-order valence-corrected chi connectivity index (χ3v) is 6.34. The molecule has 1 amide bonds. The van der Waals surface area contributed by atoms with Gasteiger partial charge in [0.2, 0.25) is 0 Å². The predicted molar refractivity (Wildman–Crippen MR) is 132 cm³/mol. The van der Waals surface area contributed by atoms with Gasteiger partial charge in [0.15, 0.2) is 6.10 Å². The van der Waals surface area contributed by atoms with Gasteiger partial charge in [-0.15, -0.1) is 0 Å². The minimum Gasteiger partial charge on any atom is -0.448 e. The van der Waals surface area contributed by atoms with Crippen molar-refractivity contribution in [2.75, 3.05) is 11.4 Å². The monoisotopic (exact) mass is 452 g/mol. The molecule has 3 aromatic carbocycles. The molecule has 0 saturated carbocycles. The minimum atomic E-state index is -1.01. The summed E-state index contributed by atoms with van der Waals surface area (Å²) in [7, 11) is 1.56. The van der Waals surface area contributed by atoms with Gasteiger partial charge in [-0.1, -0.05) is 66.7 Å². The second kappa shape index (κ2) is 8.63. The van der Waals surface area contributed by atoms with Crippen LogP contribution < -0.4 is 10.5 Å². The van der Waals surface area contributed by atoms with Crippen molar-refractivity contribution >= 4 is 28.3 Å². The number of carbonyl (C=O) groups is 2. The molecule has 2 heterocycles. The molecule has 1 atom stereocenters. The lowest BCUT2D eigenvalue weighted by molar-refractivity contribution is -0.126. The average molecular weight is 453 g/mol. The van der Waals surface area contributed by atoms with E-state index in [9.17, 15) is 14.4 Å². The van der Waals surface area contributed by atoms with Crippen molar-refractivity contribution in [3.05, 3.63) is 100 Å². The number of pyridine rings is 1. The molecule has 1 aliphatic rings. The van der Waals surface area contributed by atoms with Crippen molar-refractivity contribution in [1.29, 1.82) is 0 Å². The Balaban J connectivity index is 1.54. The van der Waals surface area contributed by atoms with Crippen LogP contribution in [0.25, 0.3) is 21.9 Å². The van der Waals surface area contributed by atoms with Crippen molar-refractivity contribution in [1.82, 2.24) is 4.57 Å². The van der Waals surface area contributed by atoms with Crippen LogP contribution in [0, 0.1) is 0 Å². The molecule has 0 radical (unpaired) electrons. The van der Waals surface area contributed by atoms with Crippen LogP contribution in [0.15, 0.2) is 83.7 Å². The number of esters is 1. The predicted octanol–water partition coefficient (Wildman–Crippen LogP) is 4.34. The summed E-state index contributed by atoms with van der Waals surface area (Å²) < 4.78 is 7.00. The number of hydrogen-bond donors (Lipinski definition) is 0. The van der Waals surface area contributed by atoms with E-state index in [0.29, 0.717) is 22.9 Å². The third-order valence-electron chi connectivity index (χ3n) is 6.34. The van der Waals surface area contributed by atoms with Crippen molar-refractivity contribution < 1.29 is 14.3 Å². The standard InChI is InChI=1S/C28H24N2O4/c1-18(26(31)30-17-16-19-10-6-9-15-23(19)30)34-28(33)25-24(20-11-4-3-5-12-20)21-13-7-8-14-22(21)27(32)29(25)2/h3-15,18H,16-17H2,1-2H3. The van der Waals surface area contributed by atoms with Crippen molar-refractivity contribution in [3.8, 4) is 11.1 Å². The molecule has 5 rings (SSSR count). The van der Waals surface area contributed by atoms with Crippen LogP contribution in [0.3, 0.4) is 0 Å². The number of fused-ring (bicyclic) bond motifs is 2. The molecule has 0 N–H and O–H groups in total. The smallest absolute Gasteiger partial charge is 0.356 e. The summed E-state index contributed by atoms with van der Waals surface area (Å²) in [5.74, 6) is -0.997. The number of rotatable bonds is 4. The highest BCUT2D eigenvalue weighted by atomic mass is 16.5. The number of hydrogen-bond acceptors (Lipinski definition) is 4. The summed E-state index contributed by atoms with van der Waals surface area (Å²) in [6.45, 7) is 2.12. The highest BCUT2D eigenvalue weighted by Gasteiger charge is 2.31. The maximum atomic E-state index is 13.5. The Morgan fingerprint density at radius 1 is 0.882 bits per heavy atom. The van der Waals surface area contributed by atoms with Crippen molar-refractivity contribution in [3.63, 3.8) is 0 Å². The van der Waals surface area contributed by atoms with E-state index in [1.54, 1.807) is 31.0 Å². The number of benzene rings is 3. The van der Waals surface area contributed by atoms with E-state index in [1.807, 2.05) is 66.7 Å². The van der Waals surface area contributed by atoms with E-state index in [-0.39, 0.29) is 17.2 Å². The number of para-hydroxylation sites is 1. The number of carbonyl (C=O) groups excluding carboxylic acids is 2. The van der Waals surface area contributed by atoms with E-state index in [2.05, 4.69) is 0 Å². The lowest BCUT2D eigenvalue weighted by atomic mass is 9.97. The third kappa shape index (κ3) is 3.57. The average Bonchev–Trinajstić information content (AvgIpc) is 3.30. The number of amides is 1. The van der Waals surface area contributed by atoms with Crippen LogP contribution in [0.4, 0.5) is 5.69 Å². The molecule has 6 nitrogen and oxygen atoms in total. The van der Waals surface area contributed by atoms with Gasteiger partial charge in [0.25, 0.3) is 11.5 Å². The molecule has 0 saturated heterocycles. The van der Waals surface area contributed by atoms with Crippen LogP contribution in [0.5, 0.6) is 0 Å². The Labute approximate surface area is 197 Å². The van der Waals surface area contributed by atoms with Crippen LogP contribution in [0.2, 0.25) is 0 Å². The fraction of sp³-hybridized carbons (Fsp3) is 0.179. The molecule has 4 aromatic rings. The summed E-state index contributed by atoms with van der Waals surface area (Å²) in [5, 5.41) is 1.18. The summed E-state index contributed by atoms with van der Waals surface area (Å²) in [5.41, 5.74) is 3.16. The first kappa shape index (κ1) is 21.6. The summed E-state index contributed by atoms with van der Waals surface area (Å²) in [6.07, 6.45) is -0.247. The van der Waals surface area contributed by atoms with Gasteiger partial charge >= 0.3 is 5.97 Å². The molecule has 1 aliphatic heterocycles. The Morgan fingerprint density at radius 2 is 1.53 bits per heavy atom. The molecule has 170 valence electrons. The molecule has 34 heavy (non-hydrogen) atoms. The molecule has 0 fully saturated rings. The van der Waals surface area contributed by atoms with Crippen molar-refractivity contribution in [2.24, 2.45) is 7.05 Å². The van der Waals surface area contributed by atoms with Gasteiger partial charge in [-0.3, -0.25) is 9.59 Å². The topological polar surface area (TPSA) is 68.6 Å². The Bertz CT molecular complexity index is 1470. The zero-order valence-corrected chi connectivity index (χ0v) is 19.0. The number of anilines is 1. The quantitative estimate of drug-likeness (QED) is 0.432. The Kier molecular flexibility index (Phi) is 5.49. The van der Waals surface area contributed by atoms with E-state index in [1.165, 1.54) is 4.57 Å². The second-order valence-electron chi connectivity index (χ2n) is 8.42. The van der Waals surface area contributed by atoms with Gasteiger partial charge in [-0.2, -0.15) is 0 Å². The number of ether oxygens (including phenoxy) is 1. The molecule has 1 unspecified atom stereocenters. The lowest BCUT2D eigenvalue weighted by Gasteiger charge is -2.23. The highest BCUT2D eigenvalue weighted by molar-refractivity contribution is 6.07. The zero-order valence-electron chi connectivity index (χ0n) is 19.0. The van der Waals surface area contributed by atoms with Crippen LogP contribution in [-0.4, -0.2) is 29.1 Å². The van der Waals surface area contributed by atoms with Crippen LogP contribution >= 0.6 is 0 Å². The SMILES string of the molecule is CC(OC(=O)c1c(-c2ccccc2)c2ccccc2c(=O)n1C)C(=O)N1CCc2ccccc21. The van der Waals surface area contributed by atoms with Gasteiger partial charge in [-0.05, 0) is 42.0 Å². The molecular formula is C28H24N2O4. The lowest BCUT2D eigenvalue weighted by Crippen LogP contribution is -2.39. The fourth-order valence-electron chi connectivity index (χ4n) is 4.65. The fourth-order valence-corrected chi connectivity index (χ4v) is 4.65. The Morgan fingerprint density at radius 3 is 2.29 bits per heavy atom. The first-order valence-corrected chi connectivity index (χ1v) is 11.2. The first-order chi connectivity index (χ1) is 16.5. The van der Waals surface area contributed by atoms with Gasteiger partial charge in [0.05, 0.1) is 0 Å².